The largest absolute Gasteiger partial charge is 0.495 e. The molecule has 1 N–H and O–H groups in total. The number of carbonyl (C=O) groups excluding carboxylic acids is 2. The quantitative estimate of drug-likeness (QED) is 0.384. The van der Waals surface area contributed by atoms with E-state index in [1.807, 2.05) is 51.1 Å². The van der Waals surface area contributed by atoms with Crippen molar-refractivity contribution in [1.82, 2.24) is 10.2 Å². The third-order valence-electron chi connectivity index (χ3n) is 6.11. The monoisotopic (exact) mass is 551 g/mol. The lowest BCUT2D eigenvalue weighted by Gasteiger charge is -2.33. The van der Waals surface area contributed by atoms with Crippen LogP contribution >= 0.6 is 0 Å². The molecule has 3 aromatic carbocycles. The highest BCUT2D eigenvalue weighted by Crippen LogP contribution is 2.32. The summed E-state index contributed by atoms with van der Waals surface area (Å²) >= 11 is 0. The molecule has 8 nitrogen and oxygen atoms in total. The number of anilines is 1. The molecule has 0 radical (unpaired) electrons. The van der Waals surface area contributed by atoms with E-state index in [9.17, 15) is 18.0 Å². The minimum atomic E-state index is -4.15. The zero-order valence-electron chi connectivity index (χ0n) is 23.1. The van der Waals surface area contributed by atoms with Crippen molar-refractivity contribution in [3.8, 4) is 5.75 Å². The van der Waals surface area contributed by atoms with Crippen LogP contribution in [0.3, 0.4) is 0 Å². The van der Waals surface area contributed by atoms with Gasteiger partial charge in [0.25, 0.3) is 10.0 Å². The van der Waals surface area contributed by atoms with Crippen molar-refractivity contribution >= 4 is 27.5 Å². The van der Waals surface area contributed by atoms with E-state index in [2.05, 4.69) is 5.32 Å². The number of nitrogens with one attached hydrogen (secondary N) is 1. The van der Waals surface area contributed by atoms with Crippen LogP contribution in [-0.4, -0.2) is 56.9 Å². The SMILES string of the molecule is COc1ccccc1N(CC(=O)N(CCc1ccccc1)[C@H](C)C(=O)NC(C)(C)C)S(=O)(=O)c1ccccc1. The number of sulfonamides is 1. The average Bonchev–Trinajstić information content (AvgIpc) is 2.91. The normalized spacial score (nSPS) is 12.3. The molecule has 0 fully saturated rings. The first kappa shape index (κ1) is 29.7. The molecule has 1 atom stereocenters. The van der Waals surface area contributed by atoms with Gasteiger partial charge in [0.15, 0.2) is 0 Å². The van der Waals surface area contributed by atoms with Crippen LogP contribution in [0.15, 0.2) is 89.8 Å². The Morgan fingerprint density at radius 3 is 2.05 bits per heavy atom. The molecular weight excluding hydrogens is 514 g/mol. The van der Waals surface area contributed by atoms with E-state index in [0.29, 0.717) is 12.2 Å². The van der Waals surface area contributed by atoms with Gasteiger partial charge >= 0.3 is 0 Å². The number of benzene rings is 3. The first-order valence-electron chi connectivity index (χ1n) is 12.8. The summed E-state index contributed by atoms with van der Waals surface area (Å²) in [6.07, 6.45) is 0.500. The maximum Gasteiger partial charge on any atom is 0.264 e. The van der Waals surface area contributed by atoms with Gasteiger partial charge < -0.3 is 15.0 Å². The molecule has 0 bridgehead atoms. The van der Waals surface area contributed by atoms with E-state index in [0.717, 1.165) is 9.87 Å². The summed E-state index contributed by atoms with van der Waals surface area (Å²) in [7, 11) is -2.71. The predicted molar refractivity (Wildman–Crippen MR) is 153 cm³/mol. The van der Waals surface area contributed by atoms with E-state index in [1.54, 1.807) is 49.4 Å². The van der Waals surface area contributed by atoms with Crippen LogP contribution in [0.2, 0.25) is 0 Å². The molecule has 0 unspecified atom stereocenters. The molecule has 9 heteroatoms. The highest BCUT2D eigenvalue weighted by atomic mass is 32.2. The molecule has 208 valence electrons. The number of hydrogen-bond donors (Lipinski definition) is 1. The van der Waals surface area contributed by atoms with Crippen LogP contribution in [0.1, 0.15) is 33.3 Å². The Hall–Kier alpha value is -3.85. The van der Waals surface area contributed by atoms with Gasteiger partial charge in [0.05, 0.1) is 17.7 Å². The molecule has 2 amide bonds. The van der Waals surface area contributed by atoms with Crippen molar-refractivity contribution in [2.75, 3.05) is 24.5 Å². The molecule has 3 rings (SSSR count). The third-order valence-corrected chi connectivity index (χ3v) is 7.89. The lowest BCUT2D eigenvalue weighted by Crippen LogP contribution is -2.55. The number of carbonyl (C=O) groups is 2. The molecular formula is C30H37N3O5S. The third kappa shape index (κ3) is 7.83. The van der Waals surface area contributed by atoms with Gasteiger partial charge in [-0.1, -0.05) is 60.7 Å². The summed E-state index contributed by atoms with van der Waals surface area (Å²) in [5.41, 5.74) is 0.726. The predicted octanol–water partition coefficient (Wildman–Crippen LogP) is 4.27. The number of rotatable bonds is 11. The molecule has 3 aromatic rings. The zero-order chi connectivity index (χ0) is 28.6. The van der Waals surface area contributed by atoms with Crippen molar-refractivity contribution in [1.29, 1.82) is 0 Å². The van der Waals surface area contributed by atoms with Gasteiger partial charge in [-0.2, -0.15) is 0 Å². The smallest absolute Gasteiger partial charge is 0.264 e. The van der Waals surface area contributed by atoms with Crippen molar-refractivity contribution in [2.24, 2.45) is 0 Å². The van der Waals surface area contributed by atoms with Crippen molar-refractivity contribution < 1.29 is 22.7 Å². The number of amides is 2. The fraction of sp³-hybridized carbons (Fsp3) is 0.333. The van der Waals surface area contributed by atoms with Crippen LogP contribution in [-0.2, 0) is 26.0 Å². The maximum atomic E-state index is 13.9. The van der Waals surface area contributed by atoms with E-state index in [1.165, 1.54) is 24.1 Å². The maximum absolute atomic E-state index is 13.9. The number of hydrogen-bond acceptors (Lipinski definition) is 5. The molecule has 0 aliphatic heterocycles. The van der Waals surface area contributed by atoms with Gasteiger partial charge in [0.2, 0.25) is 11.8 Å². The highest BCUT2D eigenvalue weighted by Gasteiger charge is 2.34. The standard InChI is InChI=1S/C30H37N3O5S/c1-23(29(35)31-30(2,3)4)32(21-20-24-14-8-6-9-15-24)28(34)22-33(26-18-12-13-19-27(26)38-5)39(36,37)25-16-10-7-11-17-25/h6-19,23H,20-22H2,1-5H3,(H,31,35)/t23-/m1/s1. The highest BCUT2D eigenvalue weighted by molar-refractivity contribution is 7.92. The van der Waals surface area contributed by atoms with Crippen LogP contribution < -0.4 is 14.4 Å². The summed E-state index contributed by atoms with van der Waals surface area (Å²) in [4.78, 5) is 28.6. The first-order chi connectivity index (χ1) is 18.4. The zero-order valence-corrected chi connectivity index (χ0v) is 23.9. The summed E-state index contributed by atoms with van der Waals surface area (Å²) in [6, 6.07) is 23.4. The number of nitrogens with zero attached hydrogens (tertiary/aromatic N) is 2. The molecule has 0 saturated carbocycles. The molecule has 0 aromatic heterocycles. The van der Waals surface area contributed by atoms with Crippen molar-refractivity contribution in [3.63, 3.8) is 0 Å². The molecule has 0 saturated heterocycles. The summed E-state index contributed by atoms with van der Waals surface area (Å²) in [6.45, 7) is 6.96. The number of ether oxygens (including phenoxy) is 1. The minimum absolute atomic E-state index is 0.0399. The fourth-order valence-electron chi connectivity index (χ4n) is 4.11. The summed E-state index contributed by atoms with van der Waals surface area (Å²) in [5, 5.41) is 2.93. The Labute approximate surface area is 231 Å². The lowest BCUT2D eigenvalue weighted by atomic mass is 10.1. The Balaban J connectivity index is 2.01. The topological polar surface area (TPSA) is 96.0 Å². The van der Waals surface area contributed by atoms with Crippen LogP contribution in [0.5, 0.6) is 5.75 Å². The summed E-state index contributed by atoms with van der Waals surface area (Å²) in [5.74, 6) is -0.522. The van der Waals surface area contributed by atoms with Gasteiger partial charge in [-0.05, 0) is 63.9 Å². The van der Waals surface area contributed by atoms with Gasteiger partial charge in [-0.15, -0.1) is 0 Å². The van der Waals surface area contributed by atoms with Crippen LogP contribution in [0.4, 0.5) is 5.69 Å². The van der Waals surface area contributed by atoms with Gasteiger partial charge in [-0.3, -0.25) is 13.9 Å². The fourth-order valence-corrected chi connectivity index (χ4v) is 5.56. The number of methoxy groups -OCH3 is 1. The molecule has 0 spiro atoms. The van der Waals surface area contributed by atoms with Gasteiger partial charge in [-0.25, -0.2) is 8.42 Å². The second-order valence-electron chi connectivity index (χ2n) is 10.2. The van der Waals surface area contributed by atoms with Crippen molar-refractivity contribution in [3.05, 3.63) is 90.5 Å². The Morgan fingerprint density at radius 2 is 1.46 bits per heavy atom. The van der Waals surface area contributed by atoms with E-state index in [-0.39, 0.29) is 23.0 Å². The first-order valence-corrected chi connectivity index (χ1v) is 14.2. The molecule has 0 aliphatic rings. The lowest BCUT2D eigenvalue weighted by molar-refractivity contribution is -0.139. The van der Waals surface area contributed by atoms with Crippen LogP contribution in [0, 0.1) is 0 Å². The Kier molecular flexibility index (Phi) is 9.75. The molecule has 0 heterocycles. The second-order valence-corrected chi connectivity index (χ2v) is 12.1. The molecule has 0 aliphatic carbocycles. The molecule has 39 heavy (non-hydrogen) atoms. The van der Waals surface area contributed by atoms with Crippen molar-refractivity contribution in [2.45, 2.75) is 50.6 Å². The second kappa shape index (κ2) is 12.8. The van der Waals surface area contributed by atoms with E-state index < -0.39 is 34.1 Å². The Bertz CT molecular complexity index is 1360. The van der Waals surface area contributed by atoms with Gasteiger partial charge in [0.1, 0.15) is 18.3 Å². The van der Waals surface area contributed by atoms with Gasteiger partial charge in [0, 0.05) is 12.1 Å². The van der Waals surface area contributed by atoms with Crippen LogP contribution in [0.25, 0.3) is 0 Å². The average molecular weight is 552 g/mol. The van der Waals surface area contributed by atoms with E-state index in [4.69, 9.17) is 4.74 Å². The number of para-hydroxylation sites is 2. The minimum Gasteiger partial charge on any atom is -0.495 e. The summed E-state index contributed by atoms with van der Waals surface area (Å²) < 4.78 is 34.2. The Morgan fingerprint density at radius 1 is 0.897 bits per heavy atom. The van der Waals surface area contributed by atoms with E-state index >= 15 is 0 Å².